The molecule has 1 aliphatic rings. The molecule has 0 saturated carbocycles. The molecule has 2 N–H and O–H groups in total. The third-order valence-electron chi connectivity index (χ3n) is 2.90. The van der Waals surface area contributed by atoms with Crippen LogP contribution < -0.4 is 10.6 Å². The lowest BCUT2D eigenvalue weighted by atomic mass is 10.1. The molecule has 8 heteroatoms. The third-order valence-corrected chi connectivity index (χ3v) is 2.90. The largest absolute Gasteiger partial charge is 0.433 e. The maximum atomic E-state index is 12.6. The summed E-state index contributed by atoms with van der Waals surface area (Å²) in [4.78, 5) is 15.0. The number of hydrogen-bond donors (Lipinski definition) is 2. The first kappa shape index (κ1) is 14.1. The Hall–Kier alpha value is -2.30. The number of carbonyl (C=O) groups is 1. The normalized spacial score (nSPS) is 19.1. The zero-order valence-corrected chi connectivity index (χ0v) is 10.3. The second-order valence-corrected chi connectivity index (χ2v) is 4.33. The quantitative estimate of drug-likeness (QED) is 0.866. The van der Waals surface area contributed by atoms with E-state index < -0.39 is 17.9 Å². The molecule has 1 aromatic heterocycles. The molecule has 0 spiro atoms. The van der Waals surface area contributed by atoms with Crippen LogP contribution in [0.5, 0.6) is 0 Å². The van der Waals surface area contributed by atoms with Gasteiger partial charge in [0.25, 0.3) is 0 Å². The smallest absolute Gasteiger partial charge is 0.357 e. The SMILES string of the molecule is N#Cc1ccc(C(F)(F)F)nc1NC1CCCNC1=O. The van der Waals surface area contributed by atoms with E-state index in [-0.39, 0.29) is 17.3 Å². The maximum absolute atomic E-state index is 12.6. The van der Waals surface area contributed by atoms with E-state index in [1.807, 2.05) is 0 Å². The molecule has 20 heavy (non-hydrogen) atoms. The van der Waals surface area contributed by atoms with E-state index in [4.69, 9.17) is 5.26 Å². The molecule has 0 aromatic carbocycles. The van der Waals surface area contributed by atoms with Crippen LogP contribution in [0.3, 0.4) is 0 Å². The van der Waals surface area contributed by atoms with Gasteiger partial charge in [0.2, 0.25) is 5.91 Å². The van der Waals surface area contributed by atoms with Crippen molar-refractivity contribution in [2.75, 3.05) is 11.9 Å². The topological polar surface area (TPSA) is 77.8 Å². The summed E-state index contributed by atoms with van der Waals surface area (Å²) in [7, 11) is 0. The van der Waals surface area contributed by atoms with Crippen LogP contribution in [0.15, 0.2) is 12.1 Å². The Morgan fingerprint density at radius 3 is 2.80 bits per heavy atom. The van der Waals surface area contributed by atoms with E-state index in [0.29, 0.717) is 19.4 Å². The third kappa shape index (κ3) is 2.99. The number of nitrogens with zero attached hydrogens (tertiary/aromatic N) is 2. The standard InChI is InChI=1S/C12H11F3N4O/c13-12(14,15)9-4-3-7(6-16)10(19-9)18-8-2-1-5-17-11(8)20/h3-4,8H,1-2,5H2,(H,17,20)(H,18,19). The van der Waals surface area contributed by atoms with Crippen LogP contribution in [-0.2, 0) is 11.0 Å². The first-order valence-corrected chi connectivity index (χ1v) is 5.94. The monoisotopic (exact) mass is 284 g/mol. The molecule has 1 fully saturated rings. The van der Waals surface area contributed by atoms with E-state index in [2.05, 4.69) is 15.6 Å². The first-order valence-electron chi connectivity index (χ1n) is 5.94. The molecular formula is C12H11F3N4O. The lowest BCUT2D eigenvalue weighted by Gasteiger charge is -2.23. The minimum atomic E-state index is -4.60. The molecule has 1 aromatic rings. The zero-order chi connectivity index (χ0) is 14.8. The second kappa shape index (κ2) is 5.36. The van der Waals surface area contributed by atoms with E-state index in [0.717, 1.165) is 12.1 Å². The van der Waals surface area contributed by atoms with Gasteiger partial charge in [0, 0.05) is 6.54 Å². The molecule has 1 atom stereocenters. The summed E-state index contributed by atoms with van der Waals surface area (Å²) < 4.78 is 37.8. The lowest BCUT2D eigenvalue weighted by Crippen LogP contribution is -2.44. The van der Waals surface area contributed by atoms with E-state index in [9.17, 15) is 18.0 Å². The number of anilines is 1. The van der Waals surface area contributed by atoms with Crippen LogP contribution in [-0.4, -0.2) is 23.5 Å². The van der Waals surface area contributed by atoms with Crippen LogP contribution in [0.25, 0.3) is 0 Å². The molecule has 1 unspecified atom stereocenters. The van der Waals surface area contributed by atoms with E-state index >= 15 is 0 Å². The average Bonchev–Trinajstić information content (AvgIpc) is 2.40. The molecule has 2 rings (SSSR count). The molecule has 0 radical (unpaired) electrons. The van der Waals surface area contributed by atoms with Crippen LogP contribution in [0.1, 0.15) is 24.1 Å². The maximum Gasteiger partial charge on any atom is 0.433 e. The number of nitriles is 1. The number of amides is 1. The van der Waals surface area contributed by atoms with E-state index in [1.54, 1.807) is 6.07 Å². The molecular weight excluding hydrogens is 273 g/mol. The highest BCUT2D eigenvalue weighted by Crippen LogP contribution is 2.29. The molecule has 1 amide bonds. The lowest BCUT2D eigenvalue weighted by molar-refractivity contribution is -0.141. The molecule has 1 aliphatic heterocycles. The van der Waals surface area contributed by atoms with Gasteiger partial charge in [0.1, 0.15) is 23.6 Å². The number of rotatable bonds is 2. The van der Waals surface area contributed by atoms with Crippen molar-refractivity contribution in [1.29, 1.82) is 5.26 Å². The van der Waals surface area contributed by atoms with Crippen LogP contribution in [0, 0.1) is 11.3 Å². The fraction of sp³-hybridized carbons (Fsp3) is 0.417. The van der Waals surface area contributed by atoms with Crippen molar-refractivity contribution in [1.82, 2.24) is 10.3 Å². The Morgan fingerprint density at radius 1 is 1.45 bits per heavy atom. The van der Waals surface area contributed by atoms with Crippen molar-refractivity contribution in [2.45, 2.75) is 25.1 Å². The molecule has 1 saturated heterocycles. The van der Waals surface area contributed by atoms with Crippen molar-refractivity contribution in [3.8, 4) is 6.07 Å². The van der Waals surface area contributed by atoms with Crippen molar-refractivity contribution < 1.29 is 18.0 Å². The minimum absolute atomic E-state index is 0.0311. The number of alkyl halides is 3. The van der Waals surface area contributed by atoms with Gasteiger partial charge in [-0.2, -0.15) is 18.4 Å². The van der Waals surface area contributed by atoms with Gasteiger partial charge in [-0.25, -0.2) is 4.98 Å². The number of nitrogens with one attached hydrogen (secondary N) is 2. The van der Waals surface area contributed by atoms with Gasteiger partial charge in [-0.3, -0.25) is 4.79 Å². The van der Waals surface area contributed by atoms with Crippen LogP contribution >= 0.6 is 0 Å². The van der Waals surface area contributed by atoms with Crippen molar-refractivity contribution in [3.05, 3.63) is 23.4 Å². The zero-order valence-electron chi connectivity index (χ0n) is 10.3. The van der Waals surface area contributed by atoms with Gasteiger partial charge in [-0.1, -0.05) is 0 Å². The average molecular weight is 284 g/mol. The van der Waals surface area contributed by atoms with Crippen molar-refractivity contribution in [3.63, 3.8) is 0 Å². The van der Waals surface area contributed by atoms with Gasteiger partial charge in [-0.15, -0.1) is 0 Å². The fourth-order valence-corrected chi connectivity index (χ4v) is 1.89. The Bertz CT molecular complexity index is 565. The molecule has 2 heterocycles. The number of pyridine rings is 1. The highest BCUT2D eigenvalue weighted by atomic mass is 19.4. The van der Waals surface area contributed by atoms with Gasteiger partial charge in [-0.05, 0) is 25.0 Å². The predicted molar refractivity (Wildman–Crippen MR) is 63.6 cm³/mol. The van der Waals surface area contributed by atoms with Crippen molar-refractivity contribution in [2.24, 2.45) is 0 Å². The minimum Gasteiger partial charge on any atom is -0.357 e. The second-order valence-electron chi connectivity index (χ2n) is 4.33. The molecule has 5 nitrogen and oxygen atoms in total. The first-order chi connectivity index (χ1) is 9.41. The number of halogens is 3. The van der Waals surface area contributed by atoms with Crippen LogP contribution in [0.2, 0.25) is 0 Å². The number of aromatic nitrogens is 1. The number of carbonyl (C=O) groups excluding carboxylic acids is 1. The Morgan fingerprint density at radius 2 is 2.20 bits per heavy atom. The molecule has 0 bridgehead atoms. The van der Waals surface area contributed by atoms with E-state index in [1.165, 1.54) is 0 Å². The van der Waals surface area contributed by atoms with Crippen molar-refractivity contribution >= 4 is 11.7 Å². The molecule has 106 valence electrons. The number of piperidine rings is 1. The van der Waals surface area contributed by atoms with Gasteiger partial charge >= 0.3 is 6.18 Å². The molecule has 0 aliphatic carbocycles. The predicted octanol–water partition coefficient (Wildman–Crippen LogP) is 1.66. The Balaban J connectivity index is 2.29. The van der Waals surface area contributed by atoms with Gasteiger partial charge < -0.3 is 10.6 Å². The Labute approximate surface area is 112 Å². The summed E-state index contributed by atoms with van der Waals surface area (Å²) in [5.41, 5.74) is -1.13. The van der Waals surface area contributed by atoms with Crippen LogP contribution in [0.4, 0.5) is 19.0 Å². The summed E-state index contributed by atoms with van der Waals surface area (Å²) in [6.07, 6.45) is -3.40. The van der Waals surface area contributed by atoms with Gasteiger partial charge in [0.15, 0.2) is 0 Å². The van der Waals surface area contributed by atoms with Gasteiger partial charge in [0.05, 0.1) is 5.56 Å². The summed E-state index contributed by atoms with van der Waals surface area (Å²) >= 11 is 0. The Kier molecular flexibility index (Phi) is 3.79. The highest BCUT2D eigenvalue weighted by molar-refractivity contribution is 5.85. The summed E-state index contributed by atoms with van der Waals surface area (Å²) in [6.45, 7) is 0.540. The fourth-order valence-electron chi connectivity index (χ4n) is 1.89. The summed E-state index contributed by atoms with van der Waals surface area (Å²) in [5.74, 6) is -0.524. The summed E-state index contributed by atoms with van der Waals surface area (Å²) in [5, 5.41) is 14.1. The summed E-state index contributed by atoms with van der Waals surface area (Å²) in [6, 6.07) is 2.86. The number of hydrogen-bond acceptors (Lipinski definition) is 4. The highest BCUT2D eigenvalue weighted by Gasteiger charge is 2.33.